The van der Waals surface area contributed by atoms with E-state index in [0.29, 0.717) is 18.7 Å². The first-order chi connectivity index (χ1) is 14.1. The van der Waals surface area contributed by atoms with Crippen LogP contribution in [0, 0.1) is 13.8 Å². The molecule has 0 spiro atoms. The van der Waals surface area contributed by atoms with E-state index in [1.54, 1.807) is 18.2 Å². The highest BCUT2D eigenvalue weighted by atomic mass is 16.1. The Morgan fingerprint density at radius 2 is 1.90 bits per heavy atom. The molecule has 0 aliphatic carbocycles. The number of nitrogens with one attached hydrogen (secondary N) is 1. The molecule has 8 nitrogen and oxygen atoms in total. The van der Waals surface area contributed by atoms with Crippen LogP contribution in [0.15, 0.2) is 60.9 Å². The number of hydrogen-bond acceptors (Lipinski definition) is 5. The summed E-state index contributed by atoms with van der Waals surface area (Å²) in [6, 6.07) is 17.4. The third-order valence-corrected chi connectivity index (χ3v) is 4.85. The molecule has 4 aromatic rings. The first-order valence-corrected chi connectivity index (χ1v) is 9.30. The lowest BCUT2D eigenvalue weighted by atomic mass is 10.1. The van der Waals surface area contributed by atoms with Crippen molar-refractivity contribution >= 4 is 5.91 Å². The molecule has 146 valence electrons. The van der Waals surface area contributed by atoms with Crippen LogP contribution >= 0.6 is 0 Å². The molecule has 2 heterocycles. The van der Waals surface area contributed by atoms with Crippen molar-refractivity contribution in [3.05, 3.63) is 89.0 Å². The zero-order chi connectivity index (χ0) is 20.2. The second-order valence-corrected chi connectivity index (χ2v) is 6.78. The summed E-state index contributed by atoms with van der Waals surface area (Å²) >= 11 is 0. The zero-order valence-corrected chi connectivity index (χ0v) is 16.3. The lowest BCUT2D eigenvalue weighted by Crippen LogP contribution is -2.23. The monoisotopic (exact) mass is 387 g/mol. The van der Waals surface area contributed by atoms with E-state index in [9.17, 15) is 4.79 Å². The van der Waals surface area contributed by atoms with Crippen LogP contribution in [0.4, 0.5) is 0 Å². The average Bonchev–Trinajstić information content (AvgIpc) is 3.37. The maximum Gasteiger partial charge on any atom is 0.251 e. The third-order valence-electron chi connectivity index (χ3n) is 4.85. The van der Waals surface area contributed by atoms with Gasteiger partial charge >= 0.3 is 0 Å². The maximum atomic E-state index is 12.7. The van der Waals surface area contributed by atoms with Crippen molar-refractivity contribution in [1.82, 2.24) is 35.3 Å². The van der Waals surface area contributed by atoms with E-state index < -0.39 is 0 Å². The fraction of sp³-hybridized carbons (Fsp3) is 0.190. The van der Waals surface area contributed by atoms with Gasteiger partial charge in [0.05, 0.1) is 17.9 Å². The van der Waals surface area contributed by atoms with Gasteiger partial charge in [0.15, 0.2) is 0 Å². The van der Waals surface area contributed by atoms with Gasteiger partial charge in [0.2, 0.25) is 0 Å². The number of aromatic nitrogens is 6. The second-order valence-electron chi connectivity index (χ2n) is 6.78. The van der Waals surface area contributed by atoms with Crippen LogP contribution in [-0.4, -0.2) is 35.9 Å². The molecule has 8 heteroatoms. The highest BCUT2D eigenvalue weighted by Crippen LogP contribution is 2.15. The summed E-state index contributed by atoms with van der Waals surface area (Å²) in [6.45, 7) is 5.12. The summed E-state index contributed by atoms with van der Waals surface area (Å²) in [5, 5.41) is 18.7. The van der Waals surface area contributed by atoms with Gasteiger partial charge in [-0.15, -0.1) is 5.10 Å². The summed E-state index contributed by atoms with van der Waals surface area (Å²) in [5.41, 5.74) is 5.46. The largest absolute Gasteiger partial charge is 0.348 e. The predicted octanol–water partition coefficient (Wildman–Crippen LogP) is 2.45. The zero-order valence-electron chi connectivity index (χ0n) is 16.3. The average molecular weight is 387 g/mol. The lowest BCUT2D eigenvalue weighted by molar-refractivity contribution is 0.0951. The number of carbonyl (C=O) groups excluding carboxylic acids is 1. The molecule has 0 aliphatic heterocycles. The van der Waals surface area contributed by atoms with Crippen LogP contribution in [0.1, 0.15) is 32.9 Å². The molecule has 0 saturated heterocycles. The van der Waals surface area contributed by atoms with Crippen LogP contribution in [0.25, 0.3) is 5.69 Å². The Labute approximate surface area is 168 Å². The molecule has 1 amide bonds. The molecule has 1 N–H and O–H groups in total. The SMILES string of the molecule is Cc1nn(Cc2ccccc2)c(C)c1CNC(=O)c1cccc(-n2cnnn2)c1. The molecule has 0 fully saturated rings. The molecule has 0 unspecified atom stereocenters. The number of hydrogen-bond donors (Lipinski definition) is 1. The van der Waals surface area contributed by atoms with Crippen LogP contribution < -0.4 is 5.32 Å². The van der Waals surface area contributed by atoms with Crippen molar-refractivity contribution in [3.8, 4) is 5.69 Å². The Hall–Kier alpha value is -3.81. The molecule has 2 aromatic heterocycles. The van der Waals surface area contributed by atoms with Crippen molar-refractivity contribution in [3.63, 3.8) is 0 Å². The van der Waals surface area contributed by atoms with Gasteiger partial charge in [-0.3, -0.25) is 9.48 Å². The highest BCUT2D eigenvalue weighted by Gasteiger charge is 2.14. The molecule has 0 bridgehead atoms. The van der Waals surface area contributed by atoms with Crippen LogP contribution in [0.5, 0.6) is 0 Å². The Morgan fingerprint density at radius 3 is 2.66 bits per heavy atom. The van der Waals surface area contributed by atoms with Gasteiger partial charge in [-0.2, -0.15) is 5.10 Å². The minimum absolute atomic E-state index is 0.158. The third kappa shape index (κ3) is 4.06. The van der Waals surface area contributed by atoms with E-state index in [4.69, 9.17) is 0 Å². The summed E-state index contributed by atoms with van der Waals surface area (Å²) in [7, 11) is 0. The first-order valence-electron chi connectivity index (χ1n) is 9.30. The number of aryl methyl sites for hydroxylation is 1. The Balaban J connectivity index is 1.47. The van der Waals surface area contributed by atoms with Gasteiger partial charge in [-0.25, -0.2) is 4.68 Å². The molecular formula is C21H21N7O. The first kappa shape index (κ1) is 18.5. The van der Waals surface area contributed by atoms with Gasteiger partial charge < -0.3 is 5.32 Å². The Bertz CT molecular complexity index is 1120. The highest BCUT2D eigenvalue weighted by molar-refractivity contribution is 5.94. The summed E-state index contributed by atoms with van der Waals surface area (Å²) in [5.74, 6) is -0.158. The summed E-state index contributed by atoms with van der Waals surface area (Å²) < 4.78 is 3.49. The van der Waals surface area contributed by atoms with E-state index in [0.717, 1.165) is 22.6 Å². The van der Waals surface area contributed by atoms with Crippen molar-refractivity contribution in [2.24, 2.45) is 0 Å². The molecular weight excluding hydrogens is 366 g/mol. The topological polar surface area (TPSA) is 90.5 Å². The second kappa shape index (κ2) is 8.05. The van der Waals surface area contributed by atoms with E-state index in [2.05, 4.69) is 38.1 Å². The fourth-order valence-electron chi connectivity index (χ4n) is 3.24. The van der Waals surface area contributed by atoms with Gasteiger partial charge in [0.1, 0.15) is 6.33 Å². The van der Waals surface area contributed by atoms with Crippen molar-refractivity contribution in [2.75, 3.05) is 0 Å². The number of amides is 1. The molecule has 29 heavy (non-hydrogen) atoms. The van der Waals surface area contributed by atoms with Crippen molar-refractivity contribution in [2.45, 2.75) is 26.9 Å². The van der Waals surface area contributed by atoms with Gasteiger partial charge in [-0.05, 0) is 48.0 Å². The van der Waals surface area contributed by atoms with Gasteiger partial charge in [0, 0.05) is 23.4 Å². The molecule has 0 atom stereocenters. The smallest absolute Gasteiger partial charge is 0.251 e. The van der Waals surface area contributed by atoms with E-state index in [-0.39, 0.29) is 5.91 Å². The number of nitrogens with zero attached hydrogens (tertiary/aromatic N) is 6. The van der Waals surface area contributed by atoms with Gasteiger partial charge in [-0.1, -0.05) is 36.4 Å². The number of carbonyl (C=O) groups is 1. The van der Waals surface area contributed by atoms with Crippen LogP contribution in [0.2, 0.25) is 0 Å². The van der Waals surface area contributed by atoms with Crippen LogP contribution in [-0.2, 0) is 13.1 Å². The lowest BCUT2D eigenvalue weighted by Gasteiger charge is -2.08. The molecule has 0 radical (unpaired) electrons. The van der Waals surface area contributed by atoms with E-state index >= 15 is 0 Å². The Morgan fingerprint density at radius 1 is 1.07 bits per heavy atom. The standard InChI is InChI=1S/C21H21N7O/c1-15-20(16(2)27(24-15)13-17-7-4-3-5-8-17)12-22-21(29)18-9-6-10-19(11-18)28-14-23-25-26-28/h3-11,14H,12-13H2,1-2H3,(H,22,29). The summed E-state index contributed by atoms with van der Waals surface area (Å²) in [4.78, 5) is 12.7. The minimum Gasteiger partial charge on any atom is -0.348 e. The maximum absolute atomic E-state index is 12.7. The van der Waals surface area contributed by atoms with Gasteiger partial charge in [0.25, 0.3) is 5.91 Å². The fourth-order valence-corrected chi connectivity index (χ4v) is 3.24. The molecule has 4 rings (SSSR count). The normalized spacial score (nSPS) is 10.8. The molecule has 2 aromatic carbocycles. The quantitative estimate of drug-likeness (QED) is 0.549. The minimum atomic E-state index is -0.158. The molecule has 0 aliphatic rings. The molecule has 0 saturated carbocycles. The van der Waals surface area contributed by atoms with Crippen molar-refractivity contribution in [1.29, 1.82) is 0 Å². The predicted molar refractivity (Wildman–Crippen MR) is 108 cm³/mol. The van der Waals surface area contributed by atoms with E-state index in [1.165, 1.54) is 16.6 Å². The van der Waals surface area contributed by atoms with Crippen molar-refractivity contribution < 1.29 is 4.79 Å². The number of rotatable bonds is 6. The summed E-state index contributed by atoms with van der Waals surface area (Å²) in [6.07, 6.45) is 1.49. The Kier molecular flexibility index (Phi) is 5.15. The van der Waals surface area contributed by atoms with E-state index in [1.807, 2.05) is 42.8 Å². The number of tetrazole rings is 1. The number of benzene rings is 2. The van der Waals surface area contributed by atoms with Crippen LogP contribution in [0.3, 0.4) is 0 Å².